The van der Waals surface area contributed by atoms with Crippen LogP contribution in [-0.4, -0.2) is 25.2 Å². The van der Waals surface area contributed by atoms with E-state index >= 15 is 0 Å². The van der Waals surface area contributed by atoms with Crippen molar-refractivity contribution in [3.63, 3.8) is 0 Å². The van der Waals surface area contributed by atoms with E-state index in [9.17, 15) is 0 Å². The molecule has 1 saturated heterocycles. The lowest BCUT2D eigenvalue weighted by Gasteiger charge is -2.39. The summed E-state index contributed by atoms with van der Waals surface area (Å²) in [6, 6.07) is 16.5. The summed E-state index contributed by atoms with van der Waals surface area (Å²) >= 11 is 0. The minimum Gasteiger partial charge on any atom is -0.366 e. The first-order chi connectivity index (χ1) is 8.74. The molecular weight excluding hydrogens is 220 g/mol. The standard InChI is InChI=1S/C16H20N2/c1-12-11-18(13(2)10-17-12)16-8-7-14-5-3-4-6-15(14)9-16/h3-9,12-13,17H,10-11H2,1-2H3/t12-,13+/m1/s1. The van der Waals surface area contributed by atoms with Gasteiger partial charge >= 0.3 is 0 Å². The molecule has 1 aliphatic heterocycles. The van der Waals surface area contributed by atoms with Crippen molar-refractivity contribution in [2.24, 2.45) is 0 Å². The zero-order valence-electron chi connectivity index (χ0n) is 11.1. The van der Waals surface area contributed by atoms with Crippen LogP contribution in [0.25, 0.3) is 10.8 Å². The Kier molecular flexibility index (Phi) is 2.96. The van der Waals surface area contributed by atoms with Gasteiger partial charge < -0.3 is 10.2 Å². The predicted octanol–water partition coefficient (Wildman–Crippen LogP) is 3.03. The van der Waals surface area contributed by atoms with E-state index in [1.807, 2.05) is 0 Å². The molecule has 1 heterocycles. The van der Waals surface area contributed by atoms with Crippen molar-refractivity contribution in [3.8, 4) is 0 Å². The molecule has 3 rings (SSSR count). The smallest absolute Gasteiger partial charge is 0.0387 e. The number of hydrogen-bond donors (Lipinski definition) is 1. The summed E-state index contributed by atoms with van der Waals surface area (Å²) in [4.78, 5) is 2.51. The van der Waals surface area contributed by atoms with Gasteiger partial charge in [0.05, 0.1) is 0 Å². The van der Waals surface area contributed by atoms with Gasteiger partial charge in [0, 0.05) is 30.9 Å². The minimum atomic E-state index is 0.558. The number of fused-ring (bicyclic) bond motifs is 1. The van der Waals surface area contributed by atoms with Gasteiger partial charge in [-0.1, -0.05) is 30.3 Å². The maximum Gasteiger partial charge on any atom is 0.0387 e. The summed E-state index contributed by atoms with van der Waals surface area (Å²) in [6.45, 7) is 6.68. The summed E-state index contributed by atoms with van der Waals surface area (Å²) in [5.74, 6) is 0. The first-order valence-electron chi connectivity index (χ1n) is 6.73. The lowest BCUT2D eigenvalue weighted by molar-refractivity contribution is 0.425. The average molecular weight is 240 g/mol. The van der Waals surface area contributed by atoms with E-state index in [1.165, 1.54) is 16.5 Å². The molecule has 0 unspecified atom stereocenters. The highest BCUT2D eigenvalue weighted by molar-refractivity contribution is 5.85. The van der Waals surface area contributed by atoms with Crippen LogP contribution < -0.4 is 10.2 Å². The van der Waals surface area contributed by atoms with Gasteiger partial charge in [-0.05, 0) is 36.8 Å². The Bertz CT molecular complexity index is 550. The third kappa shape index (κ3) is 2.08. The Labute approximate surface area is 109 Å². The second kappa shape index (κ2) is 4.62. The minimum absolute atomic E-state index is 0.558. The van der Waals surface area contributed by atoms with Crippen LogP contribution in [0, 0.1) is 0 Å². The van der Waals surface area contributed by atoms with Crippen LogP contribution in [0.5, 0.6) is 0 Å². The number of piperazine rings is 1. The van der Waals surface area contributed by atoms with E-state index in [1.54, 1.807) is 0 Å². The molecule has 0 aromatic heterocycles. The zero-order chi connectivity index (χ0) is 12.5. The third-order valence-corrected chi connectivity index (χ3v) is 3.83. The van der Waals surface area contributed by atoms with Crippen LogP contribution >= 0.6 is 0 Å². The fourth-order valence-electron chi connectivity index (χ4n) is 2.74. The molecule has 0 aliphatic carbocycles. The van der Waals surface area contributed by atoms with Crippen LogP contribution in [0.15, 0.2) is 42.5 Å². The predicted molar refractivity (Wildman–Crippen MR) is 78.2 cm³/mol. The summed E-state index contributed by atoms with van der Waals surface area (Å²) in [6.07, 6.45) is 0. The van der Waals surface area contributed by atoms with Gasteiger partial charge in [-0.3, -0.25) is 0 Å². The number of hydrogen-bond acceptors (Lipinski definition) is 2. The molecule has 2 aromatic rings. The Morgan fingerprint density at radius 3 is 2.67 bits per heavy atom. The molecule has 1 N–H and O–H groups in total. The third-order valence-electron chi connectivity index (χ3n) is 3.83. The Morgan fingerprint density at radius 2 is 1.83 bits per heavy atom. The lowest BCUT2D eigenvalue weighted by atomic mass is 10.1. The van der Waals surface area contributed by atoms with E-state index in [0.717, 1.165) is 13.1 Å². The van der Waals surface area contributed by atoms with Gasteiger partial charge in [0.25, 0.3) is 0 Å². The first kappa shape index (κ1) is 11.5. The van der Waals surface area contributed by atoms with Crippen LogP contribution in [-0.2, 0) is 0 Å². The van der Waals surface area contributed by atoms with Crippen LogP contribution in [0.3, 0.4) is 0 Å². The zero-order valence-corrected chi connectivity index (χ0v) is 11.1. The van der Waals surface area contributed by atoms with E-state index in [2.05, 4.69) is 66.5 Å². The average Bonchev–Trinajstić information content (AvgIpc) is 2.41. The quantitative estimate of drug-likeness (QED) is 0.824. The van der Waals surface area contributed by atoms with Crippen LogP contribution in [0.2, 0.25) is 0 Å². The molecule has 2 heteroatoms. The summed E-state index contributed by atoms with van der Waals surface area (Å²) < 4.78 is 0. The normalized spacial score (nSPS) is 24.4. The Morgan fingerprint density at radius 1 is 1.06 bits per heavy atom. The van der Waals surface area contributed by atoms with Crippen molar-refractivity contribution in [3.05, 3.63) is 42.5 Å². The van der Waals surface area contributed by atoms with E-state index in [4.69, 9.17) is 0 Å². The van der Waals surface area contributed by atoms with Crippen molar-refractivity contribution in [1.29, 1.82) is 0 Å². The molecule has 0 saturated carbocycles. The van der Waals surface area contributed by atoms with Gasteiger partial charge in [-0.25, -0.2) is 0 Å². The monoisotopic (exact) mass is 240 g/mol. The number of benzene rings is 2. The molecule has 0 spiro atoms. The van der Waals surface area contributed by atoms with E-state index in [0.29, 0.717) is 12.1 Å². The maximum atomic E-state index is 3.53. The van der Waals surface area contributed by atoms with Gasteiger partial charge in [-0.2, -0.15) is 0 Å². The number of anilines is 1. The molecule has 2 atom stereocenters. The second-order valence-corrected chi connectivity index (χ2v) is 5.34. The highest BCUT2D eigenvalue weighted by Crippen LogP contribution is 2.24. The molecule has 2 aromatic carbocycles. The second-order valence-electron chi connectivity index (χ2n) is 5.34. The molecule has 94 valence electrons. The summed E-state index contributed by atoms with van der Waals surface area (Å²) in [5, 5.41) is 6.17. The number of nitrogens with zero attached hydrogens (tertiary/aromatic N) is 1. The number of nitrogens with one attached hydrogen (secondary N) is 1. The Hall–Kier alpha value is -1.54. The fraction of sp³-hybridized carbons (Fsp3) is 0.375. The van der Waals surface area contributed by atoms with Crippen molar-refractivity contribution >= 4 is 16.5 Å². The molecule has 2 nitrogen and oxygen atoms in total. The lowest BCUT2D eigenvalue weighted by Crippen LogP contribution is -2.54. The Balaban J connectivity index is 1.97. The van der Waals surface area contributed by atoms with Gasteiger partial charge in [0.2, 0.25) is 0 Å². The molecule has 0 bridgehead atoms. The molecule has 1 aliphatic rings. The molecule has 18 heavy (non-hydrogen) atoms. The van der Waals surface area contributed by atoms with Gasteiger partial charge in [0.1, 0.15) is 0 Å². The van der Waals surface area contributed by atoms with E-state index in [-0.39, 0.29) is 0 Å². The largest absolute Gasteiger partial charge is 0.366 e. The highest BCUT2D eigenvalue weighted by atomic mass is 15.2. The molecular formula is C16H20N2. The van der Waals surface area contributed by atoms with Crippen molar-refractivity contribution in [2.45, 2.75) is 25.9 Å². The molecule has 1 fully saturated rings. The topological polar surface area (TPSA) is 15.3 Å². The molecule has 0 radical (unpaired) electrons. The van der Waals surface area contributed by atoms with Crippen LogP contribution in [0.1, 0.15) is 13.8 Å². The molecule has 0 amide bonds. The summed E-state index contributed by atoms with van der Waals surface area (Å²) in [5.41, 5.74) is 1.34. The van der Waals surface area contributed by atoms with Crippen molar-refractivity contribution in [2.75, 3.05) is 18.0 Å². The SMILES string of the molecule is C[C@@H]1CN(c2ccc3ccccc3c2)[C@@H](C)CN1. The first-order valence-corrected chi connectivity index (χ1v) is 6.73. The van der Waals surface area contributed by atoms with Crippen molar-refractivity contribution in [1.82, 2.24) is 5.32 Å². The summed E-state index contributed by atoms with van der Waals surface area (Å²) in [7, 11) is 0. The van der Waals surface area contributed by atoms with E-state index < -0.39 is 0 Å². The van der Waals surface area contributed by atoms with Crippen LogP contribution in [0.4, 0.5) is 5.69 Å². The fourth-order valence-corrected chi connectivity index (χ4v) is 2.74. The number of rotatable bonds is 1. The van der Waals surface area contributed by atoms with Crippen molar-refractivity contribution < 1.29 is 0 Å². The highest BCUT2D eigenvalue weighted by Gasteiger charge is 2.22. The van der Waals surface area contributed by atoms with Gasteiger partial charge in [-0.15, -0.1) is 0 Å². The van der Waals surface area contributed by atoms with Gasteiger partial charge in [0.15, 0.2) is 0 Å². The maximum absolute atomic E-state index is 3.53.